The number of amides is 2. The van der Waals surface area contributed by atoms with Crippen LogP contribution in [0.3, 0.4) is 0 Å². The van der Waals surface area contributed by atoms with Crippen LogP contribution < -0.4 is 0 Å². The smallest absolute Gasteiger partial charge is 0.233 e. The molecule has 36 heavy (non-hydrogen) atoms. The Morgan fingerprint density at radius 1 is 1.03 bits per heavy atom. The van der Waals surface area contributed by atoms with Crippen LogP contribution in [0.2, 0.25) is 0 Å². The molecule has 1 aliphatic heterocycles. The Bertz CT molecular complexity index is 1160. The van der Waals surface area contributed by atoms with Gasteiger partial charge in [-0.25, -0.2) is 0 Å². The first-order chi connectivity index (χ1) is 17.6. The lowest BCUT2D eigenvalue weighted by atomic mass is 10.0. The van der Waals surface area contributed by atoms with Gasteiger partial charge < -0.3 is 9.80 Å². The van der Waals surface area contributed by atoms with Gasteiger partial charge in [-0.15, -0.1) is 21.5 Å². The highest BCUT2D eigenvalue weighted by atomic mass is 32.2. The van der Waals surface area contributed by atoms with Gasteiger partial charge in [0.05, 0.1) is 10.6 Å². The summed E-state index contributed by atoms with van der Waals surface area (Å²) in [5.74, 6) is 2.11. The maximum absolute atomic E-state index is 13.1. The molecule has 1 aliphatic carbocycles. The van der Waals surface area contributed by atoms with Crippen LogP contribution in [0.15, 0.2) is 53.0 Å². The van der Waals surface area contributed by atoms with Gasteiger partial charge in [0.2, 0.25) is 11.8 Å². The molecule has 3 aromatic rings. The second kappa shape index (κ2) is 11.6. The standard InChI is InChI=1S/C27H33N5O2S2/c1-20-18-30(15-16-31(20)24(33)14-13-21-8-5-6-9-21)25(34)19-36-27-29-28-26(23-12-7-17-35-23)32(27)22-10-3-2-4-11-22/h2-4,7,10-12,17,20-21H,5-6,8-9,13-16,18-19H2,1H3. The van der Waals surface area contributed by atoms with Gasteiger partial charge in [0, 0.05) is 37.8 Å². The summed E-state index contributed by atoms with van der Waals surface area (Å²) < 4.78 is 2.02. The molecule has 1 atom stereocenters. The summed E-state index contributed by atoms with van der Waals surface area (Å²) in [5, 5.41) is 11.6. The number of hydrogen-bond donors (Lipinski definition) is 0. The molecule has 2 fully saturated rings. The van der Waals surface area contributed by atoms with Crippen molar-refractivity contribution in [3.8, 4) is 16.4 Å². The van der Waals surface area contributed by atoms with Crippen LogP contribution in [-0.2, 0) is 9.59 Å². The summed E-state index contributed by atoms with van der Waals surface area (Å²) in [6.45, 7) is 3.84. The summed E-state index contributed by atoms with van der Waals surface area (Å²) in [6.07, 6.45) is 6.82. The molecule has 2 aliphatic rings. The van der Waals surface area contributed by atoms with Gasteiger partial charge in [-0.05, 0) is 42.8 Å². The molecule has 0 spiro atoms. The van der Waals surface area contributed by atoms with Gasteiger partial charge in [-0.3, -0.25) is 14.2 Å². The fourth-order valence-corrected chi connectivity index (χ4v) is 6.83. The van der Waals surface area contributed by atoms with E-state index < -0.39 is 0 Å². The summed E-state index contributed by atoms with van der Waals surface area (Å²) in [6, 6.07) is 14.1. The number of thioether (sulfide) groups is 1. The van der Waals surface area contributed by atoms with Crippen LogP contribution in [0.1, 0.15) is 45.4 Å². The maximum atomic E-state index is 13.1. The van der Waals surface area contributed by atoms with E-state index in [2.05, 4.69) is 17.1 Å². The van der Waals surface area contributed by atoms with Crippen molar-refractivity contribution in [1.29, 1.82) is 0 Å². The molecular formula is C27H33N5O2S2. The van der Waals surface area contributed by atoms with E-state index in [1.54, 1.807) is 11.3 Å². The van der Waals surface area contributed by atoms with Crippen LogP contribution in [0, 0.1) is 5.92 Å². The van der Waals surface area contributed by atoms with Crippen LogP contribution in [0.5, 0.6) is 0 Å². The molecule has 1 unspecified atom stereocenters. The first kappa shape index (κ1) is 25.0. The Hall–Kier alpha value is -2.65. The van der Waals surface area contributed by atoms with Gasteiger partial charge >= 0.3 is 0 Å². The molecule has 7 nitrogen and oxygen atoms in total. The number of para-hydroxylation sites is 1. The molecular weight excluding hydrogens is 490 g/mol. The molecule has 2 aromatic heterocycles. The normalized spacial score (nSPS) is 18.6. The summed E-state index contributed by atoms with van der Waals surface area (Å²) >= 11 is 3.03. The lowest BCUT2D eigenvalue weighted by Gasteiger charge is -2.40. The zero-order chi connectivity index (χ0) is 24.9. The number of aromatic nitrogens is 3. The third kappa shape index (κ3) is 5.67. The number of carbonyl (C=O) groups is 2. The third-order valence-electron chi connectivity index (χ3n) is 7.26. The quantitative estimate of drug-likeness (QED) is 0.384. The zero-order valence-corrected chi connectivity index (χ0v) is 22.3. The SMILES string of the molecule is CC1CN(C(=O)CSc2nnc(-c3cccs3)n2-c2ccccc2)CCN1C(=O)CCC1CCCC1. The zero-order valence-electron chi connectivity index (χ0n) is 20.7. The minimum absolute atomic E-state index is 0.0437. The van der Waals surface area contributed by atoms with E-state index >= 15 is 0 Å². The van der Waals surface area contributed by atoms with Gasteiger partial charge in [0.1, 0.15) is 0 Å². The molecule has 9 heteroatoms. The predicted molar refractivity (Wildman–Crippen MR) is 144 cm³/mol. The average molecular weight is 524 g/mol. The van der Waals surface area contributed by atoms with Crippen LogP contribution in [0.4, 0.5) is 0 Å². The highest BCUT2D eigenvalue weighted by Crippen LogP contribution is 2.31. The topological polar surface area (TPSA) is 71.3 Å². The first-order valence-electron chi connectivity index (χ1n) is 12.8. The van der Waals surface area contributed by atoms with Gasteiger partial charge in [0.25, 0.3) is 0 Å². The fraction of sp³-hybridized carbons (Fsp3) is 0.481. The van der Waals surface area contributed by atoms with Crippen molar-refractivity contribution in [2.24, 2.45) is 5.92 Å². The average Bonchev–Trinajstić information content (AvgIpc) is 3.68. The van der Waals surface area contributed by atoms with E-state index in [1.807, 2.05) is 62.2 Å². The monoisotopic (exact) mass is 523 g/mol. The molecule has 0 N–H and O–H groups in total. The van der Waals surface area contributed by atoms with Crippen molar-refractivity contribution >= 4 is 34.9 Å². The Labute approximate surface area is 220 Å². The molecule has 1 saturated heterocycles. The Morgan fingerprint density at radius 3 is 2.56 bits per heavy atom. The first-order valence-corrected chi connectivity index (χ1v) is 14.7. The second-order valence-corrected chi connectivity index (χ2v) is 11.6. The minimum Gasteiger partial charge on any atom is -0.338 e. The van der Waals surface area contributed by atoms with E-state index in [0.717, 1.165) is 28.7 Å². The Balaban J connectivity index is 1.19. The van der Waals surface area contributed by atoms with E-state index in [1.165, 1.54) is 37.4 Å². The number of piperazine rings is 1. The van der Waals surface area contributed by atoms with Crippen LogP contribution in [-0.4, -0.2) is 67.8 Å². The maximum Gasteiger partial charge on any atom is 0.233 e. The van der Waals surface area contributed by atoms with Crippen molar-refractivity contribution in [2.45, 2.75) is 56.6 Å². The number of carbonyl (C=O) groups excluding carboxylic acids is 2. The molecule has 3 heterocycles. The number of benzene rings is 1. The van der Waals surface area contributed by atoms with Crippen molar-refractivity contribution in [1.82, 2.24) is 24.6 Å². The van der Waals surface area contributed by atoms with Gasteiger partial charge in [0.15, 0.2) is 11.0 Å². The Kier molecular flexibility index (Phi) is 8.06. The number of nitrogens with zero attached hydrogens (tertiary/aromatic N) is 5. The van der Waals surface area contributed by atoms with Crippen molar-refractivity contribution in [2.75, 3.05) is 25.4 Å². The lowest BCUT2D eigenvalue weighted by molar-refractivity contribution is -0.141. The number of rotatable bonds is 8. The molecule has 1 aromatic carbocycles. The molecule has 190 valence electrons. The van der Waals surface area contributed by atoms with E-state index in [9.17, 15) is 9.59 Å². The summed E-state index contributed by atoms with van der Waals surface area (Å²) in [4.78, 5) is 30.9. The summed E-state index contributed by atoms with van der Waals surface area (Å²) in [7, 11) is 0. The van der Waals surface area contributed by atoms with Crippen LogP contribution >= 0.6 is 23.1 Å². The molecule has 1 saturated carbocycles. The second-order valence-electron chi connectivity index (χ2n) is 9.71. The molecule has 5 rings (SSSR count). The minimum atomic E-state index is 0.0437. The lowest BCUT2D eigenvalue weighted by Crippen LogP contribution is -2.55. The predicted octanol–water partition coefficient (Wildman–Crippen LogP) is 5.12. The van der Waals surface area contributed by atoms with Crippen molar-refractivity contribution < 1.29 is 9.59 Å². The van der Waals surface area contributed by atoms with Crippen LogP contribution in [0.25, 0.3) is 16.4 Å². The molecule has 0 radical (unpaired) electrons. The molecule has 0 bridgehead atoms. The van der Waals surface area contributed by atoms with E-state index in [-0.39, 0.29) is 23.6 Å². The molecule has 2 amide bonds. The summed E-state index contributed by atoms with van der Waals surface area (Å²) in [5.41, 5.74) is 0.971. The largest absolute Gasteiger partial charge is 0.338 e. The number of thiophene rings is 1. The Morgan fingerprint density at radius 2 is 1.83 bits per heavy atom. The fourth-order valence-electron chi connectivity index (χ4n) is 5.28. The highest BCUT2D eigenvalue weighted by Gasteiger charge is 2.30. The highest BCUT2D eigenvalue weighted by molar-refractivity contribution is 7.99. The van der Waals surface area contributed by atoms with Crippen molar-refractivity contribution in [3.05, 3.63) is 47.8 Å². The van der Waals surface area contributed by atoms with Gasteiger partial charge in [-0.2, -0.15) is 0 Å². The van der Waals surface area contributed by atoms with E-state index in [0.29, 0.717) is 31.2 Å². The number of hydrogen-bond acceptors (Lipinski definition) is 6. The van der Waals surface area contributed by atoms with E-state index in [4.69, 9.17) is 0 Å². The third-order valence-corrected chi connectivity index (χ3v) is 9.04. The van der Waals surface area contributed by atoms with Gasteiger partial charge in [-0.1, -0.05) is 61.7 Å². The van der Waals surface area contributed by atoms with Crippen molar-refractivity contribution in [3.63, 3.8) is 0 Å².